The van der Waals surface area contributed by atoms with Crippen LogP contribution < -0.4 is 4.74 Å². The van der Waals surface area contributed by atoms with E-state index in [0.29, 0.717) is 19.4 Å². The second-order valence-electron chi connectivity index (χ2n) is 4.47. The molecule has 0 saturated heterocycles. The van der Waals surface area contributed by atoms with Crippen molar-refractivity contribution >= 4 is 0 Å². The fourth-order valence-electron chi connectivity index (χ4n) is 1.51. The molecule has 96 valence electrons. The van der Waals surface area contributed by atoms with E-state index in [1.165, 1.54) is 0 Å². The van der Waals surface area contributed by atoms with Gasteiger partial charge in [0.15, 0.2) is 0 Å². The minimum Gasteiger partial charge on any atom is -0.491 e. The van der Waals surface area contributed by atoms with Crippen LogP contribution in [0.5, 0.6) is 5.75 Å². The van der Waals surface area contributed by atoms with E-state index in [4.69, 9.17) is 4.74 Å². The Kier molecular flexibility index (Phi) is 4.97. The normalized spacial score (nSPS) is 13.5. The lowest BCUT2D eigenvalue weighted by Gasteiger charge is -2.25. The topological polar surface area (TPSA) is 49.7 Å². The van der Waals surface area contributed by atoms with Crippen molar-refractivity contribution in [1.82, 2.24) is 0 Å². The molecule has 0 heterocycles. The lowest BCUT2D eigenvalue weighted by atomic mass is 9.99. The third-order valence-electron chi connectivity index (χ3n) is 3.19. The molecule has 0 fully saturated rings. The molecule has 0 aliphatic carbocycles. The molecule has 1 aromatic rings. The van der Waals surface area contributed by atoms with E-state index in [0.717, 1.165) is 11.3 Å². The lowest BCUT2D eigenvalue weighted by Crippen LogP contribution is -2.34. The zero-order valence-corrected chi connectivity index (χ0v) is 10.8. The Hall–Kier alpha value is -1.06. The summed E-state index contributed by atoms with van der Waals surface area (Å²) in [6.07, 6.45) is 0.886. The van der Waals surface area contributed by atoms with Gasteiger partial charge in [-0.1, -0.05) is 26.0 Å². The minimum absolute atomic E-state index is 0.300. The average Bonchev–Trinajstić information content (AvgIpc) is 2.36. The minimum atomic E-state index is -0.747. The molecule has 1 atom stereocenters. The first-order valence-electron chi connectivity index (χ1n) is 6.14. The van der Waals surface area contributed by atoms with Gasteiger partial charge in [0.05, 0.1) is 11.7 Å². The van der Waals surface area contributed by atoms with Crippen LogP contribution in [0.4, 0.5) is 0 Å². The van der Waals surface area contributed by atoms with E-state index < -0.39 is 11.7 Å². The van der Waals surface area contributed by atoms with Crippen molar-refractivity contribution < 1.29 is 14.9 Å². The molecule has 0 radical (unpaired) electrons. The van der Waals surface area contributed by atoms with E-state index in [9.17, 15) is 10.2 Å². The van der Waals surface area contributed by atoms with Gasteiger partial charge in [-0.2, -0.15) is 0 Å². The Balaban J connectivity index is 2.58. The standard InChI is InChI=1S/C14H22O3/c1-4-14(16,5-2)10-17-13-8-6-12(7-9-13)11(3)15/h6-9,11,15-16H,4-5,10H2,1-3H3/t11-/m1/s1. The number of aliphatic hydroxyl groups is 2. The molecule has 0 aliphatic rings. The summed E-state index contributed by atoms with van der Waals surface area (Å²) in [4.78, 5) is 0. The van der Waals surface area contributed by atoms with Crippen molar-refractivity contribution in [3.05, 3.63) is 29.8 Å². The van der Waals surface area contributed by atoms with Gasteiger partial charge in [-0.3, -0.25) is 0 Å². The molecule has 0 spiro atoms. The number of ether oxygens (including phenoxy) is 1. The molecule has 0 bridgehead atoms. The highest BCUT2D eigenvalue weighted by Gasteiger charge is 2.22. The predicted molar refractivity (Wildman–Crippen MR) is 68.1 cm³/mol. The maximum atomic E-state index is 10.1. The summed E-state index contributed by atoms with van der Waals surface area (Å²) in [7, 11) is 0. The van der Waals surface area contributed by atoms with Gasteiger partial charge in [-0.05, 0) is 37.5 Å². The van der Waals surface area contributed by atoms with Gasteiger partial charge in [-0.15, -0.1) is 0 Å². The van der Waals surface area contributed by atoms with Gasteiger partial charge in [0.1, 0.15) is 12.4 Å². The van der Waals surface area contributed by atoms with E-state index in [1.54, 1.807) is 6.92 Å². The molecule has 0 unspecified atom stereocenters. The lowest BCUT2D eigenvalue weighted by molar-refractivity contribution is -0.0113. The molecule has 17 heavy (non-hydrogen) atoms. The van der Waals surface area contributed by atoms with E-state index in [1.807, 2.05) is 38.1 Å². The quantitative estimate of drug-likeness (QED) is 0.801. The largest absolute Gasteiger partial charge is 0.491 e. The maximum Gasteiger partial charge on any atom is 0.119 e. The summed E-state index contributed by atoms with van der Waals surface area (Å²) in [6.45, 7) is 5.92. The van der Waals surface area contributed by atoms with Gasteiger partial charge < -0.3 is 14.9 Å². The fraction of sp³-hybridized carbons (Fsp3) is 0.571. The molecule has 0 aliphatic heterocycles. The van der Waals surface area contributed by atoms with Crippen LogP contribution in [0.2, 0.25) is 0 Å². The van der Waals surface area contributed by atoms with Crippen LogP contribution in [0.25, 0.3) is 0 Å². The Morgan fingerprint density at radius 2 is 1.71 bits per heavy atom. The van der Waals surface area contributed by atoms with Crippen LogP contribution in [0.15, 0.2) is 24.3 Å². The third-order valence-corrected chi connectivity index (χ3v) is 3.19. The average molecular weight is 238 g/mol. The van der Waals surface area contributed by atoms with Crippen molar-refractivity contribution in [2.75, 3.05) is 6.61 Å². The van der Waals surface area contributed by atoms with Gasteiger partial charge in [0.2, 0.25) is 0 Å². The number of hydrogen-bond acceptors (Lipinski definition) is 3. The molecule has 3 nitrogen and oxygen atoms in total. The summed E-state index contributed by atoms with van der Waals surface area (Å²) in [6, 6.07) is 7.29. The summed E-state index contributed by atoms with van der Waals surface area (Å²) >= 11 is 0. The molecular weight excluding hydrogens is 216 g/mol. The van der Waals surface area contributed by atoms with Crippen molar-refractivity contribution in [1.29, 1.82) is 0 Å². The highest BCUT2D eigenvalue weighted by molar-refractivity contribution is 5.28. The number of aliphatic hydroxyl groups excluding tert-OH is 1. The van der Waals surface area contributed by atoms with Crippen LogP contribution in [0, 0.1) is 0 Å². The first kappa shape index (κ1) is 14.0. The van der Waals surface area contributed by atoms with Crippen LogP contribution in [-0.4, -0.2) is 22.4 Å². The highest BCUT2D eigenvalue weighted by atomic mass is 16.5. The predicted octanol–water partition coefficient (Wildman–Crippen LogP) is 2.67. The summed E-state index contributed by atoms with van der Waals surface area (Å²) < 4.78 is 5.56. The number of rotatable bonds is 6. The van der Waals surface area contributed by atoms with Gasteiger partial charge >= 0.3 is 0 Å². The molecule has 0 amide bonds. The molecular formula is C14H22O3. The second-order valence-corrected chi connectivity index (χ2v) is 4.47. The molecule has 1 rings (SSSR count). The molecule has 3 heteroatoms. The maximum absolute atomic E-state index is 10.1. The van der Waals surface area contributed by atoms with E-state index in [2.05, 4.69) is 0 Å². The highest BCUT2D eigenvalue weighted by Crippen LogP contribution is 2.20. The summed E-state index contributed by atoms with van der Waals surface area (Å²) in [5.74, 6) is 0.717. The summed E-state index contributed by atoms with van der Waals surface area (Å²) in [5, 5.41) is 19.4. The molecule has 2 N–H and O–H groups in total. The van der Waals surface area contributed by atoms with Crippen molar-refractivity contribution in [2.45, 2.75) is 45.3 Å². The number of hydrogen-bond donors (Lipinski definition) is 2. The molecule has 0 aromatic heterocycles. The van der Waals surface area contributed by atoms with Crippen molar-refractivity contribution in [3.63, 3.8) is 0 Å². The van der Waals surface area contributed by atoms with Gasteiger partial charge in [0.25, 0.3) is 0 Å². The Morgan fingerprint density at radius 3 is 2.12 bits per heavy atom. The zero-order chi connectivity index (χ0) is 12.9. The van der Waals surface area contributed by atoms with Crippen LogP contribution in [-0.2, 0) is 0 Å². The van der Waals surface area contributed by atoms with Crippen molar-refractivity contribution in [2.24, 2.45) is 0 Å². The van der Waals surface area contributed by atoms with Crippen LogP contribution >= 0.6 is 0 Å². The van der Waals surface area contributed by atoms with E-state index in [-0.39, 0.29) is 0 Å². The molecule has 1 aromatic carbocycles. The van der Waals surface area contributed by atoms with Gasteiger partial charge in [0, 0.05) is 0 Å². The summed E-state index contributed by atoms with van der Waals surface area (Å²) in [5.41, 5.74) is 0.113. The smallest absolute Gasteiger partial charge is 0.119 e. The Morgan fingerprint density at radius 1 is 1.18 bits per heavy atom. The SMILES string of the molecule is CCC(O)(CC)COc1ccc([C@@H](C)O)cc1. The third kappa shape index (κ3) is 4.02. The second kappa shape index (κ2) is 6.03. The fourth-order valence-corrected chi connectivity index (χ4v) is 1.51. The molecule has 0 saturated carbocycles. The van der Waals surface area contributed by atoms with Crippen LogP contribution in [0.1, 0.15) is 45.3 Å². The van der Waals surface area contributed by atoms with Gasteiger partial charge in [-0.25, -0.2) is 0 Å². The van der Waals surface area contributed by atoms with Crippen LogP contribution in [0.3, 0.4) is 0 Å². The van der Waals surface area contributed by atoms with E-state index >= 15 is 0 Å². The first-order chi connectivity index (χ1) is 8.00. The Bertz CT molecular complexity index is 326. The zero-order valence-electron chi connectivity index (χ0n) is 10.8. The first-order valence-corrected chi connectivity index (χ1v) is 6.14. The Labute approximate surface area is 103 Å². The monoisotopic (exact) mass is 238 g/mol. The number of benzene rings is 1. The van der Waals surface area contributed by atoms with Crippen molar-refractivity contribution in [3.8, 4) is 5.75 Å².